The third-order valence-electron chi connectivity index (χ3n) is 5.42. The second-order valence-electron chi connectivity index (χ2n) is 7.25. The second kappa shape index (κ2) is 6.07. The predicted molar refractivity (Wildman–Crippen MR) is 110 cm³/mol. The van der Waals surface area contributed by atoms with E-state index >= 15 is 0 Å². The molecule has 4 aromatic heterocycles. The van der Waals surface area contributed by atoms with Gasteiger partial charge in [0, 0.05) is 48.3 Å². The Balaban J connectivity index is 1.36. The van der Waals surface area contributed by atoms with Gasteiger partial charge in [0.1, 0.15) is 21.9 Å². The van der Waals surface area contributed by atoms with Crippen molar-refractivity contribution in [2.45, 2.75) is 18.6 Å². The van der Waals surface area contributed by atoms with E-state index in [1.54, 1.807) is 29.9 Å². The number of thiazole rings is 1. The van der Waals surface area contributed by atoms with Crippen molar-refractivity contribution in [1.82, 2.24) is 29.5 Å². The normalized spacial score (nSPS) is 18.4. The van der Waals surface area contributed by atoms with Crippen LogP contribution in [-0.2, 0) is 18.6 Å². The molecule has 0 aliphatic carbocycles. The van der Waals surface area contributed by atoms with Crippen LogP contribution < -0.4 is 0 Å². The molecule has 1 aromatic carbocycles. The van der Waals surface area contributed by atoms with Crippen molar-refractivity contribution in [3.05, 3.63) is 72.0 Å². The van der Waals surface area contributed by atoms with Gasteiger partial charge in [-0.2, -0.15) is 0 Å². The van der Waals surface area contributed by atoms with Crippen LogP contribution >= 0.6 is 11.3 Å². The highest BCUT2D eigenvalue weighted by atomic mass is 32.1. The summed E-state index contributed by atoms with van der Waals surface area (Å²) in [6, 6.07) is 7.99. The molecule has 6 rings (SSSR count). The van der Waals surface area contributed by atoms with Crippen molar-refractivity contribution >= 4 is 22.5 Å². The lowest BCUT2D eigenvalue weighted by atomic mass is 9.91. The lowest BCUT2D eigenvalue weighted by molar-refractivity contribution is 0.0376. The summed E-state index contributed by atoms with van der Waals surface area (Å²) in [4.78, 5) is 21.0. The van der Waals surface area contributed by atoms with E-state index in [-0.39, 0.29) is 0 Å². The van der Waals surface area contributed by atoms with Gasteiger partial charge in [-0.3, -0.25) is 4.98 Å². The van der Waals surface area contributed by atoms with Crippen molar-refractivity contribution < 1.29 is 5.11 Å². The molecule has 1 aliphatic rings. The van der Waals surface area contributed by atoms with Crippen molar-refractivity contribution in [1.29, 1.82) is 0 Å². The molecule has 0 unspecified atom stereocenters. The van der Waals surface area contributed by atoms with Gasteiger partial charge in [-0.05, 0) is 11.6 Å². The number of imidazole rings is 1. The minimum Gasteiger partial charge on any atom is -0.383 e. The van der Waals surface area contributed by atoms with Gasteiger partial charge in [-0.25, -0.2) is 15.0 Å². The van der Waals surface area contributed by atoms with E-state index in [4.69, 9.17) is 4.98 Å². The average Bonchev–Trinajstić information content (AvgIpc) is 3.50. The highest BCUT2D eigenvalue weighted by Gasteiger charge is 2.37. The minimum atomic E-state index is -0.940. The third-order valence-corrected chi connectivity index (χ3v) is 6.30. The first-order chi connectivity index (χ1) is 14.2. The van der Waals surface area contributed by atoms with E-state index in [2.05, 4.69) is 19.9 Å². The van der Waals surface area contributed by atoms with Gasteiger partial charge in [-0.15, -0.1) is 11.3 Å². The molecule has 1 aliphatic heterocycles. The van der Waals surface area contributed by atoms with Gasteiger partial charge in [0.15, 0.2) is 5.65 Å². The molecule has 5 heterocycles. The first-order valence-electron chi connectivity index (χ1n) is 9.27. The fourth-order valence-corrected chi connectivity index (χ4v) is 4.80. The Morgan fingerprint density at radius 1 is 1.14 bits per heavy atom. The van der Waals surface area contributed by atoms with Crippen molar-refractivity contribution in [2.24, 2.45) is 0 Å². The number of rotatable bonds is 3. The summed E-state index contributed by atoms with van der Waals surface area (Å²) < 4.78 is 2.01. The number of benzene rings is 1. The van der Waals surface area contributed by atoms with E-state index in [9.17, 15) is 5.11 Å². The maximum atomic E-state index is 11.2. The zero-order chi connectivity index (χ0) is 19.4. The van der Waals surface area contributed by atoms with Crippen LogP contribution in [0.2, 0.25) is 0 Å². The topological polar surface area (TPSA) is 92.5 Å². The summed E-state index contributed by atoms with van der Waals surface area (Å²) in [7, 11) is 0. The molecule has 29 heavy (non-hydrogen) atoms. The fourth-order valence-electron chi connectivity index (χ4n) is 3.95. The monoisotopic (exact) mass is 400 g/mol. The highest BCUT2D eigenvalue weighted by molar-refractivity contribution is 7.13. The van der Waals surface area contributed by atoms with Crippen LogP contribution in [0.15, 0.2) is 60.6 Å². The number of H-pyrrole nitrogens is 1. The van der Waals surface area contributed by atoms with Gasteiger partial charge in [-0.1, -0.05) is 18.2 Å². The molecule has 0 saturated heterocycles. The summed E-state index contributed by atoms with van der Waals surface area (Å²) in [6.07, 6.45) is 9.45. The Bertz CT molecular complexity index is 1330. The number of aliphatic hydroxyl groups is 1. The largest absolute Gasteiger partial charge is 0.383 e. The van der Waals surface area contributed by atoms with Gasteiger partial charge >= 0.3 is 0 Å². The first-order valence-corrected chi connectivity index (χ1v) is 10.1. The van der Waals surface area contributed by atoms with Crippen LogP contribution in [0, 0.1) is 0 Å². The number of aromatic nitrogens is 6. The molecule has 8 heteroatoms. The Labute approximate surface area is 169 Å². The number of nitrogens with one attached hydrogen (secondary N) is 1. The number of hydrogen-bond acceptors (Lipinski definition) is 6. The molecule has 0 radical (unpaired) electrons. The molecule has 2 N–H and O–H groups in total. The molecule has 1 atom stereocenters. The summed E-state index contributed by atoms with van der Waals surface area (Å²) in [5.41, 5.74) is 4.32. The Morgan fingerprint density at radius 2 is 2.07 bits per heavy atom. The van der Waals surface area contributed by atoms with Crippen LogP contribution in [0.4, 0.5) is 0 Å². The average molecular weight is 400 g/mol. The van der Waals surface area contributed by atoms with Crippen LogP contribution in [0.5, 0.6) is 0 Å². The van der Waals surface area contributed by atoms with E-state index in [1.165, 1.54) is 0 Å². The molecule has 0 fully saturated rings. The maximum Gasteiger partial charge on any atom is 0.156 e. The molecule has 0 spiro atoms. The van der Waals surface area contributed by atoms with Crippen LogP contribution in [0.3, 0.4) is 0 Å². The van der Waals surface area contributed by atoms with Gasteiger partial charge in [0.05, 0.1) is 17.8 Å². The molecule has 0 amide bonds. The number of fused-ring (bicyclic) bond motifs is 2. The van der Waals surface area contributed by atoms with Crippen molar-refractivity contribution in [3.8, 4) is 21.8 Å². The summed E-state index contributed by atoms with van der Waals surface area (Å²) in [6.45, 7) is 0.516. The quantitative estimate of drug-likeness (QED) is 0.484. The minimum absolute atomic E-state index is 0.514. The van der Waals surface area contributed by atoms with Crippen LogP contribution in [0.25, 0.3) is 33.0 Å². The molecule has 5 aromatic rings. The van der Waals surface area contributed by atoms with E-state index in [0.29, 0.717) is 13.0 Å². The molecular weight excluding hydrogens is 384 g/mol. The maximum absolute atomic E-state index is 11.2. The Kier molecular flexibility index (Phi) is 3.47. The van der Waals surface area contributed by atoms with Gasteiger partial charge in [0.2, 0.25) is 0 Å². The van der Waals surface area contributed by atoms with Crippen LogP contribution in [-0.4, -0.2) is 34.6 Å². The van der Waals surface area contributed by atoms with E-state index in [1.807, 2.05) is 46.6 Å². The SMILES string of the molecule is O[C@@]1(c2cccc(-c3csc(-c4c[nH]c5nccnc45)n3)c2)Cc2nccn2C1. The molecular formula is C21H16N6OS. The number of nitrogens with zero attached hydrogens (tertiary/aromatic N) is 5. The highest BCUT2D eigenvalue weighted by Crippen LogP contribution is 2.36. The first kappa shape index (κ1) is 16.6. The Hall–Kier alpha value is -3.36. The van der Waals surface area contributed by atoms with E-state index in [0.717, 1.165) is 44.4 Å². The number of hydrogen-bond donors (Lipinski definition) is 2. The molecule has 142 valence electrons. The third kappa shape index (κ3) is 2.60. The predicted octanol–water partition coefficient (Wildman–Crippen LogP) is 3.39. The lowest BCUT2D eigenvalue weighted by Crippen LogP contribution is -2.27. The van der Waals surface area contributed by atoms with Crippen molar-refractivity contribution in [2.75, 3.05) is 0 Å². The summed E-state index contributed by atoms with van der Waals surface area (Å²) in [5, 5.41) is 14.1. The number of aromatic amines is 1. The molecule has 0 bridgehead atoms. The van der Waals surface area contributed by atoms with E-state index < -0.39 is 5.60 Å². The fraction of sp³-hybridized carbons (Fsp3) is 0.143. The lowest BCUT2D eigenvalue weighted by Gasteiger charge is -2.22. The Morgan fingerprint density at radius 3 is 3.00 bits per heavy atom. The molecule has 0 saturated carbocycles. The van der Waals surface area contributed by atoms with Gasteiger partial charge in [0.25, 0.3) is 0 Å². The second-order valence-corrected chi connectivity index (χ2v) is 8.11. The van der Waals surface area contributed by atoms with Gasteiger partial charge < -0.3 is 14.7 Å². The zero-order valence-electron chi connectivity index (χ0n) is 15.3. The summed E-state index contributed by atoms with van der Waals surface area (Å²) >= 11 is 1.57. The molecule has 7 nitrogen and oxygen atoms in total. The van der Waals surface area contributed by atoms with Crippen molar-refractivity contribution in [3.63, 3.8) is 0 Å². The van der Waals surface area contributed by atoms with Crippen LogP contribution in [0.1, 0.15) is 11.4 Å². The standard InChI is InChI=1S/C21H16N6OS/c28-21(9-17-22-6-7-27(17)12-21)14-3-1-2-13(8-14)16-11-29-20(26-16)15-10-25-19-18(15)23-4-5-24-19/h1-8,10-11,28H,9,12H2,(H,24,25)/t21-/m0/s1. The zero-order valence-corrected chi connectivity index (χ0v) is 16.1. The smallest absolute Gasteiger partial charge is 0.156 e. The summed E-state index contributed by atoms with van der Waals surface area (Å²) in [5.74, 6) is 0.911.